The second-order valence-corrected chi connectivity index (χ2v) is 2.84. The summed E-state index contributed by atoms with van der Waals surface area (Å²) >= 11 is 0. The van der Waals surface area contributed by atoms with Gasteiger partial charge in [-0.15, -0.1) is 0 Å². The second-order valence-electron chi connectivity index (χ2n) is 2.84. The number of nitrogens with one attached hydrogen (secondary N) is 2. The molecule has 1 amide bonds. The Hall–Kier alpha value is -0.610. The van der Waals surface area contributed by atoms with Gasteiger partial charge in [-0.25, -0.2) is 5.84 Å². The first-order chi connectivity index (χ1) is 4.69. The number of carbonyl (C=O) groups excluding carboxylic acids is 1. The molecule has 1 saturated heterocycles. The van der Waals surface area contributed by atoms with Gasteiger partial charge in [0.25, 0.3) is 5.91 Å². The first-order valence-electron chi connectivity index (χ1n) is 3.45. The van der Waals surface area contributed by atoms with Crippen molar-refractivity contribution in [3.8, 4) is 0 Å². The molecule has 0 bridgehead atoms. The highest BCUT2D eigenvalue weighted by atomic mass is 16.2. The van der Waals surface area contributed by atoms with Crippen LogP contribution in [-0.2, 0) is 4.79 Å². The molecule has 0 aliphatic carbocycles. The average Bonchev–Trinajstić information content (AvgIpc) is 2.36. The van der Waals surface area contributed by atoms with Gasteiger partial charge in [0.15, 0.2) is 0 Å². The number of hydrazine groups is 1. The summed E-state index contributed by atoms with van der Waals surface area (Å²) in [6.07, 6.45) is 1.92. The van der Waals surface area contributed by atoms with Gasteiger partial charge in [0.1, 0.15) is 0 Å². The first kappa shape index (κ1) is 7.50. The van der Waals surface area contributed by atoms with Crippen molar-refractivity contribution >= 4 is 5.91 Å². The number of carbonyl (C=O) groups is 1. The van der Waals surface area contributed by atoms with E-state index in [0.717, 1.165) is 19.4 Å². The van der Waals surface area contributed by atoms with Crippen LogP contribution >= 0.6 is 0 Å². The average molecular weight is 143 g/mol. The van der Waals surface area contributed by atoms with Gasteiger partial charge >= 0.3 is 0 Å². The lowest BCUT2D eigenvalue weighted by Gasteiger charge is -2.20. The summed E-state index contributed by atoms with van der Waals surface area (Å²) in [5.41, 5.74) is 1.72. The van der Waals surface area contributed by atoms with Crippen LogP contribution < -0.4 is 16.6 Å². The Bertz CT molecular complexity index is 140. The summed E-state index contributed by atoms with van der Waals surface area (Å²) in [4.78, 5) is 11.0. The van der Waals surface area contributed by atoms with E-state index in [1.807, 2.05) is 6.92 Å². The lowest BCUT2D eigenvalue weighted by molar-refractivity contribution is -0.126. The third kappa shape index (κ3) is 1.12. The van der Waals surface area contributed by atoms with Crippen LogP contribution in [0.5, 0.6) is 0 Å². The molecule has 0 radical (unpaired) electrons. The number of hydrogen-bond acceptors (Lipinski definition) is 3. The van der Waals surface area contributed by atoms with Crippen LogP contribution in [0.4, 0.5) is 0 Å². The summed E-state index contributed by atoms with van der Waals surface area (Å²) in [7, 11) is 0. The van der Waals surface area contributed by atoms with E-state index in [0.29, 0.717) is 0 Å². The topological polar surface area (TPSA) is 67.2 Å². The van der Waals surface area contributed by atoms with Crippen molar-refractivity contribution in [2.24, 2.45) is 5.84 Å². The maximum atomic E-state index is 11.0. The summed E-state index contributed by atoms with van der Waals surface area (Å²) in [6, 6.07) is 0. The molecule has 1 heterocycles. The predicted molar refractivity (Wildman–Crippen MR) is 38.0 cm³/mol. The van der Waals surface area contributed by atoms with E-state index in [-0.39, 0.29) is 5.91 Å². The zero-order valence-electron chi connectivity index (χ0n) is 6.11. The summed E-state index contributed by atoms with van der Waals surface area (Å²) in [5, 5.41) is 3.09. The predicted octanol–water partition coefficient (Wildman–Crippen LogP) is -0.882. The SMILES string of the molecule is CC1(C(=O)NN)CCCN1. The Balaban J connectivity index is 2.58. The third-order valence-electron chi connectivity index (χ3n) is 2.00. The molecule has 4 N–H and O–H groups in total. The van der Waals surface area contributed by atoms with Crippen LogP contribution in [0.2, 0.25) is 0 Å². The normalized spacial score (nSPS) is 32.2. The van der Waals surface area contributed by atoms with Crippen LogP contribution in [0, 0.1) is 0 Å². The smallest absolute Gasteiger partial charge is 0.253 e. The number of nitrogens with two attached hydrogens (primary N) is 1. The Morgan fingerprint density at radius 2 is 2.50 bits per heavy atom. The quantitative estimate of drug-likeness (QED) is 0.253. The minimum Gasteiger partial charge on any atom is -0.304 e. The molecule has 58 valence electrons. The van der Waals surface area contributed by atoms with Crippen molar-refractivity contribution in [3.05, 3.63) is 0 Å². The molecular weight excluding hydrogens is 130 g/mol. The number of amides is 1. The maximum Gasteiger partial charge on any atom is 0.253 e. The molecule has 1 fully saturated rings. The molecular formula is C6H13N3O. The fourth-order valence-electron chi connectivity index (χ4n) is 1.25. The van der Waals surface area contributed by atoms with Crippen LogP contribution in [0.15, 0.2) is 0 Å². The lowest BCUT2D eigenvalue weighted by Crippen LogP contribution is -2.53. The van der Waals surface area contributed by atoms with Crippen molar-refractivity contribution in [2.75, 3.05) is 6.54 Å². The van der Waals surface area contributed by atoms with Crippen LogP contribution in [-0.4, -0.2) is 18.0 Å². The maximum absolute atomic E-state index is 11.0. The molecule has 1 aliphatic rings. The molecule has 0 aromatic carbocycles. The van der Waals surface area contributed by atoms with Crippen LogP contribution in [0.1, 0.15) is 19.8 Å². The minimum absolute atomic E-state index is 0.120. The molecule has 0 aromatic heterocycles. The molecule has 4 nitrogen and oxygen atoms in total. The minimum atomic E-state index is -0.422. The van der Waals surface area contributed by atoms with Crippen molar-refractivity contribution in [1.29, 1.82) is 0 Å². The van der Waals surface area contributed by atoms with Crippen molar-refractivity contribution in [3.63, 3.8) is 0 Å². The van der Waals surface area contributed by atoms with Crippen molar-refractivity contribution in [2.45, 2.75) is 25.3 Å². The molecule has 4 heteroatoms. The van der Waals surface area contributed by atoms with E-state index < -0.39 is 5.54 Å². The highest BCUT2D eigenvalue weighted by Crippen LogP contribution is 2.17. The number of rotatable bonds is 1. The van der Waals surface area contributed by atoms with Crippen LogP contribution in [0.25, 0.3) is 0 Å². The van der Waals surface area contributed by atoms with Gasteiger partial charge in [0, 0.05) is 0 Å². The van der Waals surface area contributed by atoms with E-state index in [1.165, 1.54) is 0 Å². The van der Waals surface area contributed by atoms with Gasteiger partial charge in [-0.2, -0.15) is 0 Å². The number of hydrogen-bond donors (Lipinski definition) is 3. The fourth-order valence-corrected chi connectivity index (χ4v) is 1.25. The Morgan fingerprint density at radius 1 is 1.80 bits per heavy atom. The molecule has 0 aromatic rings. The third-order valence-corrected chi connectivity index (χ3v) is 2.00. The van der Waals surface area contributed by atoms with Gasteiger partial charge in [0.2, 0.25) is 0 Å². The largest absolute Gasteiger partial charge is 0.304 e. The zero-order chi connectivity index (χ0) is 7.61. The molecule has 1 rings (SSSR count). The van der Waals surface area contributed by atoms with Gasteiger partial charge in [-0.05, 0) is 26.3 Å². The van der Waals surface area contributed by atoms with E-state index >= 15 is 0 Å². The molecule has 0 saturated carbocycles. The monoisotopic (exact) mass is 143 g/mol. The van der Waals surface area contributed by atoms with E-state index in [2.05, 4.69) is 10.7 Å². The highest BCUT2D eigenvalue weighted by molar-refractivity contribution is 5.85. The summed E-state index contributed by atoms with van der Waals surface area (Å²) in [5.74, 6) is 4.88. The molecule has 1 atom stereocenters. The Kier molecular flexibility index (Phi) is 1.92. The summed E-state index contributed by atoms with van der Waals surface area (Å²) < 4.78 is 0. The first-order valence-corrected chi connectivity index (χ1v) is 3.45. The second kappa shape index (κ2) is 2.56. The molecule has 10 heavy (non-hydrogen) atoms. The van der Waals surface area contributed by atoms with Gasteiger partial charge < -0.3 is 5.32 Å². The van der Waals surface area contributed by atoms with Crippen LogP contribution in [0.3, 0.4) is 0 Å². The van der Waals surface area contributed by atoms with Gasteiger partial charge in [0.05, 0.1) is 5.54 Å². The highest BCUT2D eigenvalue weighted by Gasteiger charge is 2.35. The Morgan fingerprint density at radius 3 is 2.90 bits per heavy atom. The fraction of sp³-hybridized carbons (Fsp3) is 0.833. The Labute approximate surface area is 60.1 Å². The van der Waals surface area contributed by atoms with E-state index in [1.54, 1.807) is 0 Å². The lowest BCUT2D eigenvalue weighted by atomic mass is 10.00. The molecule has 0 spiro atoms. The zero-order valence-corrected chi connectivity index (χ0v) is 6.11. The van der Waals surface area contributed by atoms with Gasteiger partial charge in [-0.1, -0.05) is 0 Å². The van der Waals surface area contributed by atoms with Gasteiger partial charge in [-0.3, -0.25) is 10.2 Å². The molecule has 1 aliphatic heterocycles. The molecule has 1 unspecified atom stereocenters. The van der Waals surface area contributed by atoms with E-state index in [9.17, 15) is 4.79 Å². The van der Waals surface area contributed by atoms with Crippen molar-refractivity contribution < 1.29 is 4.79 Å². The summed E-state index contributed by atoms with van der Waals surface area (Å²) in [6.45, 7) is 2.77. The van der Waals surface area contributed by atoms with Crippen molar-refractivity contribution in [1.82, 2.24) is 10.7 Å². The standard InChI is InChI=1S/C6H13N3O/c1-6(5(10)9-7)3-2-4-8-6/h8H,2-4,7H2,1H3,(H,9,10). The van der Waals surface area contributed by atoms with E-state index in [4.69, 9.17) is 5.84 Å².